The van der Waals surface area contributed by atoms with Crippen LogP contribution < -0.4 is 14.8 Å². The Bertz CT molecular complexity index is 1760. The zero-order chi connectivity index (χ0) is 37.9. The van der Waals surface area contributed by atoms with Crippen molar-refractivity contribution in [3.05, 3.63) is 106 Å². The van der Waals surface area contributed by atoms with Gasteiger partial charge in [-0.3, -0.25) is 4.98 Å². The molecule has 5 rings (SSSR count). The first kappa shape index (κ1) is 40.6. The van der Waals surface area contributed by atoms with Crippen LogP contribution in [0, 0.1) is 11.3 Å². The van der Waals surface area contributed by atoms with Gasteiger partial charge in [0, 0.05) is 62.4 Å². The molecule has 13 heteroatoms. The number of pyridine rings is 1. The summed E-state index contributed by atoms with van der Waals surface area (Å²) in [6.45, 7) is 4.02. The standard InChI is InChI=1S/C40H48Cl2N4O7/c1-38(42)34(31-7-3-2-4-8-31)9-5-10-40(38,53-16-6-13-46-14-11-39(50,27-49)12-15-46)28-52-37-19-36(51-26-30-17-29(20-43)21-44-22-30)32(18-35(37)41)23-45-33(24-47)25-48/h2-5,7-10,17-19,21-22,33,45,47-50H,6,11-16,23-28H2,1H3. The van der Waals surface area contributed by atoms with E-state index in [1.54, 1.807) is 24.4 Å². The summed E-state index contributed by atoms with van der Waals surface area (Å²) >= 11 is 14.4. The second-order valence-electron chi connectivity index (χ2n) is 13.7. The molecule has 3 aromatic rings. The van der Waals surface area contributed by atoms with Gasteiger partial charge in [-0.15, -0.1) is 11.6 Å². The molecule has 1 aromatic heterocycles. The number of allylic oxidation sites excluding steroid dienone is 2. The number of nitrogens with one attached hydrogen (secondary N) is 1. The summed E-state index contributed by atoms with van der Waals surface area (Å²) in [6, 6.07) is 16.5. The van der Waals surface area contributed by atoms with Crippen LogP contribution in [0.25, 0.3) is 5.57 Å². The number of aliphatic hydroxyl groups is 4. The van der Waals surface area contributed by atoms with E-state index >= 15 is 0 Å². The van der Waals surface area contributed by atoms with Gasteiger partial charge in [0.05, 0.1) is 42.0 Å². The maximum Gasteiger partial charge on any atom is 0.143 e. The molecule has 0 saturated carbocycles. The molecule has 2 aromatic carbocycles. The fourth-order valence-electron chi connectivity index (χ4n) is 6.50. The van der Waals surface area contributed by atoms with Crippen LogP contribution in [0.4, 0.5) is 0 Å². The number of benzene rings is 2. The van der Waals surface area contributed by atoms with E-state index in [2.05, 4.69) is 21.3 Å². The molecular formula is C40H48Cl2N4O7. The molecule has 0 radical (unpaired) electrons. The predicted molar refractivity (Wildman–Crippen MR) is 204 cm³/mol. The monoisotopic (exact) mass is 766 g/mol. The van der Waals surface area contributed by atoms with Gasteiger partial charge in [0.1, 0.15) is 41.3 Å². The lowest BCUT2D eigenvalue weighted by molar-refractivity contribution is -0.0673. The Hall–Kier alpha value is -3.54. The topological polar surface area (TPSA) is 161 Å². The predicted octanol–water partition coefficient (Wildman–Crippen LogP) is 4.62. The fourth-order valence-corrected chi connectivity index (χ4v) is 7.09. The van der Waals surface area contributed by atoms with Crippen LogP contribution in [0.15, 0.2) is 79.2 Å². The molecule has 53 heavy (non-hydrogen) atoms. The number of hydrogen-bond donors (Lipinski definition) is 5. The first-order chi connectivity index (χ1) is 25.5. The maximum absolute atomic E-state index is 10.4. The molecule has 0 amide bonds. The molecule has 0 bridgehead atoms. The van der Waals surface area contributed by atoms with Crippen LogP contribution >= 0.6 is 23.2 Å². The minimum absolute atomic E-state index is 0.00289. The van der Waals surface area contributed by atoms with Gasteiger partial charge in [-0.1, -0.05) is 54.1 Å². The summed E-state index contributed by atoms with van der Waals surface area (Å²) in [5.74, 6) is 0.774. The van der Waals surface area contributed by atoms with Crippen LogP contribution in [0.5, 0.6) is 11.5 Å². The van der Waals surface area contributed by atoms with E-state index in [1.807, 2.05) is 55.5 Å². The van der Waals surface area contributed by atoms with E-state index < -0.39 is 22.1 Å². The van der Waals surface area contributed by atoms with Crippen LogP contribution in [0.2, 0.25) is 5.02 Å². The second-order valence-corrected chi connectivity index (χ2v) is 14.9. The fraction of sp³-hybridized carbons (Fsp3) is 0.450. The van der Waals surface area contributed by atoms with Crippen molar-refractivity contribution in [1.82, 2.24) is 15.2 Å². The van der Waals surface area contributed by atoms with Crippen LogP contribution in [-0.4, -0.2) is 105 Å². The molecule has 284 valence electrons. The number of nitriles is 1. The van der Waals surface area contributed by atoms with Crippen molar-refractivity contribution in [3.8, 4) is 17.6 Å². The quantitative estimate of drug-likeness (QED) is 0.0908. The Morgan fingerprint density at radius 3 is 2.49 bits per heavy atom. The summed E-state index contributed by atoms with van der Waals surface area (Å²) in [5.41, 5.74) is 1.45. The molecule has 5 N–H and O–H groups in total. The Kier molecular flexibility index (Phi) is 14.3. The van der Waals surface area contributed by atoms with Crippen molar-refractivity contribution in [1.29, 1.82) is 5.26 Å². The minimum atomic E-state index is -1.13. The van der Waals surface area contributed by atoms with Crippen molar-refractivity contribution >= 4 is 28.8 Å². The SMILES string of the molecule is CC1(Cl)C(c2ccccc2)=CC=CC1(COc1cc(OCc2cncc(C#N)c2)c(CNC(CO)CO)cc1Cl)OCCCN1CCC(O)(CO)CC1. The third-order valence-corrected chi connectivity index (χ3v) is 10.8. The summed E-state index contributed by atoms with van der Waals surface area (Å²) < 4.78 is 19.5. The average molecular weight is 768 g/mol. The lowest BCUT2D eigenvalue weighted by atomic mass is 9.76. The molecule has 1 saturated heterocycles. The maximum atomic E-state index is 10.4. The highest BCUT2D eigenvalue weighted by molar-refractivity contribution is 6.32. The highest BCUT2D eigenvalue weighted by Crippen LogP contribution is 2.48. The molecule has 0 spiro atoms. The van der Waals surface area contributed by atoms with Crippen LogP contribution in [-0.2, 0) is 17.9 Å². The highest BCUT2D eigenvalue weighted by Gasteiger charge is 2.51. The van der Waals surface area contributed by atoms with Crippen molar-refractivity contribution in [2.24, 2.45) is 0 Å². The molecule has 2 atom stereocenters. The number of piperidine rings is 1. The normalized spacial score (nSPS) is 21.3. The minimum Gasteiger partial charge on any atom is -0.488 e. The third kappa shape index (κ3) is 10.2. The van der Waals surface area contributed by atoms with Gasteiger partial charge in [0.15, 0.2) is 0 Å². The van der Waals surface area contributed by atoms with Crippen molar-refractivity contribution < 1.29 is 34.6 Å². The van der Waals surface area contributed by atoms with Crippen LogP contribution in [0.1, 0.15) is 48.4 Å². The number of nitrogens with zero attached hydrogens (tertiary/aromatic N) is 3. The van der Waals surface area contributed by atoms with Crippen molar-refractivity contribution in [3.63, 3.8) is 0 Å². The van der Waals surface area contributed by atoms with Gasteiger partial charge in [-0.25, -0.2) is 0 Å². The summed E-state index contributed by atoms with van der Waals surface area (Å²) in [7, 11) is 0. The van der Waals surface area contributed by atoms with Gasteiger partial charge in [0.25, 0.3) is 0 Å². The number of aliphatic hydroxyl groups excluding tert-OH is 3. The van der Waals surface area contributed by atoms with E-state index in [0.29, 0.717) is 72.2 Å². The number of hydrogen-bond acceptors (Lipinski definition) is 11. The van der Waals surface area contributed by atoms with Crippen LogP contribution in [0.3, 0.4) is 0 Å². The number of rotatable bonds is 18. The lowest BCUT2D eigenvalue weighted by Gasteiger charge is -2.45. The lowest BCUT2D eigenvalue weighted by Crippen LogP contribution is -2.55. The molecule has 1 aliphatic carbocycles. The average Bonchev–Trinajstić information content (AvgIpc) is 3.18. The molecular weight excluding hydrogens is 719 g/mol. The van der Waals surface area contributed by atoms with Gasteiger partial charge < -0.3 is 44.9 Å². The first-order valence-corrected chi connectivity index (χ1v) is 18.5. The van der Waals surface area contributed by atoms with Gasteiger partial charge in [0.2, 0.25) is 0 Å². The summed E-state index contributed by atoms with van der Waals surface area (Å²) in [4.78, 5) is 5.32. The molecule has 11 nitrogen and oxygen atoms in total. The smallest absolute Gasteiger partial charge is 0.143 e. The highest BCUT2D eigenvalue weighted by atomic mass is 35.5. The zero-order valence-electron chi connectivity index (χ0n) is 29.9. The zero-order valence-corrected chi connectivity index (χ0v) is 31.4. The van der Waals surface area contributed by atoms with E-state index in [0.717, 1.165) is 17.7 Å². The Morgan fingerprint density at radius 2 is 1.79 bits per heavy atom. The number of likely N-dealkylation sites (tertiary alicyclic amines) is 1. The number of aromatic nitrogens is 1. The van der Waals surface area contributed by atoms with Gasteiger partial charge in [-0.2, -0.15) is 5.26 Å². The van der Waals surface area contributed by atoms with E-state index in [-0.39, 0.29) is 39.6 Å². The second kappa shape index (κ2) is 18.7. The molecule has 2 aliphatic rings. The molecule has 1 fully saturated rings. The van der Waals surface area contributed by atoms with E-state index in [1.165, 1.54) is 6.20 Å². The summed E-state index contributed by atoms with van der Waals surface area (Å²) in [6.07, 6.45) is 10.7. The number of ether oxygens (including phenoxy) is 3. The number of alkyl halides is 1. The van der Waals surface area contributed by atoms with E-state index in [9.17, 15) is 25.7 Å². The third-order valence-electron chi connectivity index (χ3n) is 9.97. The van der Waals surface area contributed by atoms with Crippen molar-refractivity contribution in [2.75, 3.05) is 52.7 Å². The molecule has 2 unspecified atom stereocenters. The largest absolute Gasteiger partial charge is 0.488 e. The van der Waals surface area contributed by atoms with Gasteiger partial charge >= 0.3 is 0 Å². The molecule has 1 aliphatic heterocycles. The Balaban J connectivity index is 1.38. The Labute approximate surface area is 321 Å². The number of halogens is 2. The molecule has 2 heterocycles. The summed E-state index contributed by atoms with van der Waals surface area (Å²) in [5, 5.41) is 51.9. The van der Waals surface area contributed by atoms with Gasteiger partial charge in [-0.05, 0) is 55.5 Å². The van der Waals surface area contributed by atoms with Crippen molar-refractivity contribution in [2.45, 2.75) is 61.5 Å². The first-order valence-electron chi connectivity index (χ1n) is 17.8. The van der Waals surface area contributed by atoms with E-state index in [4.69, 9.17) is 37.4 Å². The Morgan fingerprint density at radius 1 is 1.04 bits per heavy atom.